The molecule has 1 saturated carbocycles. The van der Waals surface area contributed by atoms with Crippen LogP contribution in [0.2, 0.25) is 0 Å². The molecule has 1 fully saturated rings. The van der Waals surface area contributed by atoms with Crippen LogP contribution in [-0.4, -0.2) is 26.8 Å². The number of anilines is 2. The summed E-state index contributed by atoms with van der Waals surface area (Å²) in [6, 6.07) is 7.14. The van der Waals surface area contributed by atoms with Gasteiger partial charge in [0.1, 0.15) is 6.33 Å². The maximum Gasteiger partial charge on any atom is 0.354 e. The molecule has 1 aliphatic rings. The van der Waals surface area contributed by atoms with Gasteiger partial charge in [-0.15, -0.1) is 0 Å². The van der Waals surface area contributed by atoms with E-state index in [4.69, 9.17) is 0 Å². The number of aryl methyl sites for hydroxylation is 1. The Kier molecular flexibility index (Phi) is 6.36. The van der Waals surface area contributed by atoms with E-state index in [0.717, 1.165) is 31.2 Å². The van der Waals surface area contributed by atoms with Gasteiger partial charge in [-0.2, -0.15) is 0 Å². The fraction of sp³-hybridized carbons (Fsp3) is 0.421. The Morgan fingerprint density at radius 2 is 1.71 bits per heavy atom. The maximum atomic E-state index is 12.2. The number of hydrazine groups is 1. The van der Waals surface area contributed by atoms with Crippen molar-refractivity contribution in [3.05, 3.63) is 51.8 Å². The predicted octanol–water partition coefficient (Wildman–Crippen LogP) is 3.58. The van der Waals surface area contributed by atoms with Crippen LogP contribution in [0.1, 0.15) is 54.4 Å². The van der Waals surface area contributed by atoms with E-state index in [-0.39, 0.29) is 23.4 Å². The van der Waals surface area contributed by atoms with Gasteiger partial charge in [-0.25, -0.2) is 9.97 Å². The third-order valence-electron chi connectivity index (χ3n) is 4.81. The van der Waals surface area contributed by atoms with Gasteiger partial charge in [0.15, 0.2) is 0 Å². The summed E-state index contributed by atoms with van der Waals surface area (Å²) in [4.78, 5) is 31.3. The molecule has 9 nitrogen and oxygen atoms in total. The number of aromatic nitrogens is 2. The van der Waals surface area contributed by atoms with Crippen LogP contribution in [0.15, 0.2) is 30.6 Å². The van der Waals surface area contributed by atoms with Crippen LogP contribution in [-0.2, 0) is 0 Å². The van der Waals surface area contributed by atoms with E-state index in [1.165, 1.54) is 19.2 Å². The molecule has 3 rings (SSSR count). The summed E-state index contributed by atoms with van der Waals surface area (Å²) in [6.45, 7) is 1.92. The molecule has 1 amide bonds. The van der Waals surface area contributed by atoms with E-state index in [1.807, 2.05) is 19.1 Å². The number of amides is 1. The van der Waals surface area contributed by atoms with Crippen molar-refractivity contribution in [3.8, 4) is 0 Å². The lowest BCUT2D eigenvalue weighted by Crippen LogP contribution is -2.30. The first-order chi connectivity index (χ1) is 13.5. The monoisotopic (exact) mass is 384 g/mol. The smallest absolute Gasteiger partial charge is 0.354 e. The van der Waals surface area contributed by atoms with Crippen LogP contribution in [0.25, 0.3) is 0 Å². The normalized spacial score (nSPS) is 14.8. The number of hydrogen-bond acceptors (Lipinski definition) is 7. The number of carbonyl (C=O) groups is 1. The molecular weight excluding hydrogens is 360 g/mol. The highest BCUT2D eigenvalue weighted by atomic mass is 16.6. The Labute approximate surface area is 163 Å². The quantitative estimate of drug-likeness (QED) is 0.395. The average molecular weight is 384 g/mol. The molecule has 0 atom stereocenters. The molecule has 148 valence electrons. The first kappa shape index (κ1) is 19.5. The van der Waals surface area contributed by atoms with Crippen molar-refractivity contribution in [3.63, 3.8) is 0 Å². The molecule has 1 aromatic heterocycles. The Morgan fingerprint density at radius 3 is 2.36 bits per heavy atom. The number of nitrogens with one attached hydrogen (secondary N) is 3. The summed E-state index contributed by atoms with van der Waals surface area (Å²) in [7, 11) is 0. The van der Waals surface area contributed by atoms with Gasteiger partial charge < -0.3 is 5.32 Å². The summed E-state index contributed by atoms with van der Waals surface area (Å²) in [6.07, 6.45) is 7.70. The van der Waals surface area contributed by atoms with E-state index >= 15 is 0 Å². The van der Waals surface area contributed by atoms with Gasteiger partial charge in [0.05, 0.1) is 4.92 Å². The Hall–Kier alpha value is -3.23. The summed E-state index contributed by atoms with van der Waals surface area (Å²) in [5, 5.41) is 14.8. The minimum absolute atomic E-state index is 0.0587. The third-order valence-corrected chi connectivity index (χ3v) is 4.81. The van der Waals surface area contributed by atoms with Crippen LogP contribution < -0.4 is 16.2 Å². The molecule has 9 heteroatoms. The molecule has 0 radical (unpaired) electrons. The minimum atomic E-state index is -0.542. The highest BCUT2D eigenvalue weighted by molar-refractivity contribution is 5.95. The highest BCUT2D eigenvalue weighted by Crippen LogP contribution is 2.30. The van der Waals surface area contributed by atoms with Crippen molar-refractivity contribution in [1.29, 1.82) is 0 Å². The van der Waals surface area contributed by atoms with Crippen LogP contribution in [0.3, 0.4) is 0 Å². The fourth-order valence-electron chi connectivity index (χ4n) is 3.26. The van der Waals surface area contributed by atoms with Crippen molar-refractivity contribution < 1.29 is 9.72 Å². The molecule has 3 N–H and O–H groups in total. The Morgan fingerprint density at radius 1 is 1.07 bits per heavy atom. The topological polar surface area (TPSA) is 122 Å². The van der Waals surface area contributed by atoms with Crippen molar-refractivity contribution in [1.82, 2.24) is 15.4 Å². The molecule has 28 heavy (non-hydrogen) atoms. The lowest BCUT2D eigenvalue weighted by atomic mass is 10.1. The molecular formula is C19H24N6O3. The van der Waals surface area contributed by atoms with Crippen molar-refractivity contribution >= 4 is 23.2 Å². The molecule has 0 aliphatic heterocycles. The number of hydrogen-bond donors (Lipinski definition) is 3. The van der Waals surface area contributed by atoms with Gasteiger partial charge in [-0.1, -0.05) is 43.4 Å². The molecule has 0 saturated heterocycles. The van der Waals surface area contributed by atoms with Gasteiger partial charge in [0.25, 0.3) is 5.91 Å². The van der Waals surface area contributed by atoms with Crippen LogP contribution in [0.4, 0.5) is 17.3 Å². The largest absolute Gasteiger partial charge is 0.361 e. The average Bonchev–Trinajstić information content (AvgIpc) is 2.95. The number of benzene rings is 1. The van der Waals surface area contributed by atoms with E-state index in [0.29, 0.717) is 5.56 Å². The van der Waals surface area contributed by atoms with E-state index in [2.05, 4.69) is 26.1 Å². The van der Waals surface area contributed by atoms with Crippen LogP contribution >= 0.6 is 0 Å². The van der Waals surface area contributed by atoms with Crippen LogP contribution in [0, 0.1) is 17.0 Å². The summed E-state index contributed by atoms with van der Waals surface area (Å²) < 4.78 is 0. The molecule has 0 unspecified atom stereocenters. The second kappa shape index (κ2) is 9.12. The summed E-state index contributed by atoms with van der Waals surface area (Å²) in [5.74, 6) is -0.304. The SMILES string of the molecule is Cc1ccc(C(=O)NNc2ncnc(NC3CCCCCC3)c2[N+](=O)[O-])cc1. The standard InChI is InChI=1S/C19H24N6O3/c1-13-8-10-14(11-9-13)19(26)24-23-18-16(25(27)28)17(20-12-21-18)22-15-6-4-2-3-5-7-15/h8-12,15H,2-7H2,1H3,(H,24,26)(H2,20,21,22,23). The fourth-order valence-corrected chi connectivity index (χ4v) is 3.26. The summed E-state index contributed by atoms with van der Waals surface area (Å²) >= 11 is 0. The lowest BCUT2D eigenvalue weighted by Gasteiger charge is -2.17. The zero-order valence-electron chi connectivity index (χ0n) is 15.8. The first-order valence-corrected chi connectivity index (χ1v) is 9.43. The predicted molar refractivity (Wildman–Crippen MR) is 106 cm³/mol. The van der Waals surface area contributed by atoms with Gasteiger partial charge in [0.2, 0.25) is 11.6 Å². The summed E-state index contributed by atoms with van der Waals surface area (Å²) in [5.41, 5.74) is 6.21. The molecule has 0 spiro atoms. The zero-order valence-corrected chi connectivity index (χ0v) is 15.8. The van der Waals surface area contributed by atoms with Crippen LogP contribution in [0.5, 0.6) is 0 Å². The Bertz CT molecular complexity index is 832. The van der Waals surface area contributed by atoms with E-state index < -0.39 is 10.8 Å². The molecule has 1 aromatic carbocycles. The van der Waals surface area contributed by atoms with Gasteiger partial charge in [0, 0.05) is 11.6 Å². The second-order valence-corrected chi connectivity index (χ2v) is 6.95. The third kappa shape index (κ3) is 4.93. The van der Waals surface area contributed by atoms with Gasteiger partial charge >= 0.3 is 5.69 Å². The lowest BCUT2D eigenvalue weighted by molar-refractivity contribution is -0.383. The highest BCUT2D eigenvalue weighted by Gasteiger charge is 2.25. The van der Waals surface area contributed by atoms with E-state index in [1.54, 1.807) is 12.1 Å². The number of nitrogens with zero attached hydrogens (tertiary/aromatic N) is 3. The van der Waals surface area contributed by atoms with E-state index in [9.17, 15) is 14.9 Å². The number of nitro groups is 1. The minimum Gasteiger partial charge on any atom is -0.361 e. The van der Waals surface area contributed by atoms with Crippen molar-refractivity contribution in [2.75, 3.05) is 10.7 Å². The first-order valence-electron chi connectivity index (χ1n) is 9.43. The van der Waals surface area contributed by atoms with Gasteiger partial charge in [-0.3, -0.25) is 25.8 Å². The van der Waals surface area contributed by atoms with Crippen molar-refractivity contribution in [2.24, 2.45) is 0 Å². The van der Waals surface area contributed by atoms with Gasteiger partial charge in [-0.05, 0) is 31.9 Å². The maximum absolute atomic E-state index is 12.2. The number of carbonyl (C=O) groups excluding carboxylic acids is 1. The molecule has 0 bridgehead atoms. The zero-order chi connectivity index (χ0) is 19.9. The molecule has 2 aromatic rings. The molecule has 1 heterocycles. The molecule has 1 aliphatic carbocycles. The number of rotatable bonds is 6. The second-order valence-electron chi connectivity index (χ2n) is 6.95. The van der Waals surface area contributed by atoms with Crippen molar-refractivity contribution in [2.45, 2.75) is 51.5 Å². The Balaban J connectivity index is 1.74.